The van der Waals surface area contributed by atoms with Crippen molar-refractivity contribution in [2.75, 3.05) is 0 Å². The van der Waals surface area contributed by atoms with Crippen LogP contribution in [0.25, 0.3) is 11.1 Å². The van der Waals surface area contributed by atoms with Gasteiger partial charge in [-0.25, -0.2) is 9.59 Å². The van der Waals surface area contributed by atoms with E-state index < -0.39 is 17.4 Å². The Kier molecular flexibility index (Phi) is 10.0. The van der Waals surface area contributed by atoms with Gasteiger partial charge in [-0.2, -0.15) is 5.26 Å². The second-order valence-corrected chi connectivity index (χ2v) is 9.49. The number of carbonyl (C=O) groups is 2. The summed E-state index contributed by atoms with van der Waals surface area (Å²) in [6, 6.07) is 24.1. The number of nitrogens with zero attached hydrogens (tertiary/aromatic N) is 1. The van der Waals surface area contributed by atoms with E-state index in [9.17, 15) is 14.9 Å². The molecular weight excluding hydrogens is 462 g/mol. The van der Waals surface area contributed by atoms with Gasteiger partial charge in [-0.05, 0) is 79.3 Å². The molecule has 0 bridgehead atoms. The first-order valence-corrected chi connectivity index (χ1v) is 13.0. The summed E-state index contributed by atoms with van der Waals surface area (Å²) < 4.78 is 10.8. The van der Waals surface area contributed by atoms with Gasteiger partial charge in [0.2, 0.25) is 0 Å². The maximum Gasteiger partial charge on any atom is 0.343 e. The molecular formula is C32H35NO4. The highest BCUT2D eigenvalue weighted by Gasteiger charge is 2.33. The second-order valence-electron chi connectivity index (χ2n) is 9.49. The molecule has 0 aromatic heterocycles. The number of benzene rings is 3. The predicted octanol–water partition coefficient (Wildman–Crippen LogP) is 7.93. The lowest BCUT2D eigenvalue weighted by Gasteiger charge is -2.17. The lowest BCUT2D eigenvalue weighted by atomic mass is 9.90. The standard InChI is InChI=1S/C32H35NO4/c1-4-6-7-8-9-10-24-11-13-25(14-12-24)26-15-17-27(18-16-26)30(34)36-28-19-21-29(22-20-28)37-31(35)32(3,5-2)23-33/h11-22H,4-10H2,1-3H3. The third kappa shape index (κ3) is 7.79. The van der Waals surface area contributed by atoms with E-state index in [1.54, 1.807) is 38.1 Å². The minimum atomic E-state index is -1.20. The van der Waals surface area contributed by atoms with E-state index in [1.807, 2.05) is 18.2 Å². The molecule has 0 saturated carbocycles. The van der Waals surface area contributed by atoms with Crippen LogP contribution < -0.4 is 9.47 Å². The molecule has 3 aromatic carbocycles. The molecule has 1 unspecified atom stereocenters. The van der Waals surface area contributed by atoms with Crippen molar-refractivity contribution in [2.24, 2.45) is 5.41 Å². The Bertz CT molecular complexity index is 1210. The molecule has 0 saturated heterocycles. The van der Waals surface area contributed by atoms with Gasteiger partial charge < -0.3 is 9.47 Å². The van der Waals surface area contributed by atoms with Crippen molar-refractivity contribution in [2.45, 2.75) is 65.7 Å². The molecule has 0 spiro atoms. The predicted molar refractivity (Wildman–Crippen MR) is 145 cm³/mol. The van der Waals surface area contributed by atoms with Crippen LogP contribution >= 0.6 is 0 Å². The van der Waals surface area contributed by atoms with Crippen LogP contribution in [0.3, 0.4) is 0 Å². The number of rotatable bonds is 12. The molecule has 5 heteroatoms. The zero-order valence-corrected chi connectivity index (χ0v) is 22.0. The summed E-state index contributed by atoms with van der Waals surface area (Å²) in [6.07, 6.45) is 7.86. The highest BCUT2D eigenvalue weighted by atomic mass is 16.5. The van der Waals surface area contributed by atoms with E-state index in [0.29, 0.717) is 17.7 Å². The topological polar surface area (TPSA) is 76.4 Å². The molecule has 0 aliphatic heterocycles. The smallest absolute Gasteiger partial charge is 0.343 e. The Morgan fingerprint density at radius 2 is 1.30 bits per heavy atom. The highest BCUT2D eigenvalue weighted by molar-refractivity contribution is 5.91. The van der Waals surface area contributed by atoms with Crippen LogP contribution in [0.4, 0.5) is 0 Å². The molecule has 0 heterocycles. The lowest BCUT2D eigenvalue weighted by molar-refractivity contribution is -0.142. The Morgan fingerprint density at radius 1 is 0.757 bits per heavy atom. The fraction of sp³-hybridized carbons (Fsp3) is 0.344. The van der Waals surface area contributed by atoms with Crippen molar-refractivity contribution in [3.05, 3.63) is 83.9 Å². The molecule has 3 aromatic rings. The van der Waals surface area contributed by atoms with Gasteiger partial charge in [0.05, 0.1) is 11.6 Å². The fourth-order valence-corrected chi connectivity index (χ4v) is 3.83. The zero-order chi connectivity index (χ0) is 26.7. The Labute approximate surface area is 220 Å². The van der Waals surface area contributed by atoms with Crippen LogP contribution in [0.5, 0.6) is 11.5 Å². The molecule has 0 N–H and O–H groups in total. The Morgan fingerprint density at radius 3 is 1.84 bits per heavy atom. The Balaban J connectivity index is 1.54. The molecule has 1 atom stereocenters. The van der Waals surface area contributed by atoms with E-state index >= 15 is 0 Å². The summed E-state index contributed by atoms with van der Waals surface area (Å²) in [6.45, 7) is 5.53. The summed E-state index contributed by atoms with van der Waals surface area (Å²) in [4.78, 5) is 24.8. The summed E-state index contributed by atoms with van der Waals surface area (Å²) in [7, 11) is 0. The minimum absolute atomic E-state index is 0.284. The third-order valence-corrected chi connectivity index (χ3v) is 6.63. The molecule has 0 fully saturated rings. The largest absolute Gasteiger partial charge is 0.425 e. The van der Waals surface area contributed by atoms with E-state index in [1.165, 1.54) is 49.8 Å². The molecule has 0 aliphatic carbocycles. The van der Waals surface area contributed by atoms with E-state index in [-0.39, 0.29) is 5.75 Å². The number of ether oxygens (including phenoxy) is 2. The van der Waals surface area contributed by atoms with Crippen molar-refractivity contribution < 1.29 is 19.1 Å². The van der Waals surface area contributed by atoms with Crippen molar-refractivity contribution in [1.82, 2.24) is 0 Å². The second kappa shape index (κ2) is 13.4. The molecule has 192 valence electrons. The van der Waals surface area contributed by atoms with Crippen LogP contribution in [-0.4, -0.2) is 11.9 Å². The lowest BCUT2D eigenvalue weighted by Crippen LogP contribution is -2.29. The molecule has 37 heavy (non-hydrogen) atoms. The first kappa shape index (κ1) is 27.7. The van der Waals surface area contributed by atoms with Gasteiger partial charge in [-0.1, -0.05) is 75.9 Å². The van der Waals surface area contributed by atoms with Gasteiger partial charge in [0, 0.05) is 0 Å². The first-order chi connectivity index (χ1) is 17.9. The maximum absolute atomic E-state index is 12.6. The molecule has 0 amide bonds. The minimum Gasteiger partial charge on any atom is -0.425 e. The third-order valence-electron chi connectivity index (χ3n) is 6.63. The molecule has 5 nitrogen and oxygen atoms in total. The molecule has 0 aliphatic rings. The number of unbranched alkanes of at least 4 members (excludes halogenated alkanes) is 4. The van der Waals surface area contributed by atoms with Crippen molar-refractivity contribution in [1.29, 1.82) is 5.26 Å². The van der Waals surface area contributed by atoms with Crippen molar-refractivity contribution in [3.63, 3.8) is 0 Å². The quantitative estimate of drug-likeness (QED) is 0.144. The van der Waals surface area contributed by atoms with Gasteiger partial charge in [-0.15, -0.1) is 0 Å². The van der Waals surface area contributed by atoms with E-state index in [2.05, 4.69) is 31.2 Å². The fourth-order valence-electron chi connectivity index (χ4n) is 3.83. The number of nitriles is 1. The maximum atomic E-state index is 12.6. The number of aryl methyl sites for hydroxylation is 1. The normalized spacial score (nSPS) is 12.3. The molecule has 0 radical (unpaired) electrons. The number of hydrogen-bond acceptors (Lipinski definition) is 5. The first-order valence-electron chi connectivity index (χ1n) is 13.0. The van der Waals surface area contributed by atoms with Crippen molar-refractivity contribution >= 4 is 11.9 Å². The van der Waals surface area contributed by atoms with Crippen LogP contribution in [0.1, 0.15) is 75.2 Å². The van der Waals surface area contributed by atoms with Gasteiger partial charge in [0.1, 0.15) is 11.5 Å². The van der Waals surface area contributed by atoms with Crippen LogP contribution in [0.15, 0.2) is 72.8 Å². The number of carbonyl (C=O) groups excluding carboxylic acids is 2. The summed E-state index contributed by atoms with van der Waals surface area (Å²) in [5.41, 5.74) is 2.73. The SMILES string of the molecule is CCCCCCCc1ccc(-c2ccc(C(=O)Oc3ccc(OC(=O)C(C)(C#N)CC)cc3)cc2)cc1. The van der Waals surface area contributed by atoms with Crippen LogP contribution in [0, 0.1) is 16.7 Å². The monoisotopic (exact) mass is 497 g/mol. The Hall–Kier alpha value is -3.91. The summed E-state index contributed by atoms with van der Waals surface area (Å²) in [5.74, 6) is -0.471. The number of hydrogen-bond donors (Lipinski definition) is 0. The number of esters is 2. The van der Waals surface area contributed by atoms with Gasteiger partial charge in [0.15, 0.2) is 5.41 Å². The molecule has 3 rings (SSSR count). The summed E-state index contributed by atoms with van der Waals surface area (Å²) >= 11 is 0. The van der Waals surface area contributed by atoms with E-state index in [4.69, 9.17) is 9.47 Å². The average molecular weight is 498 g/mol. The zero-order valence-electron chi connectivity index (χ0n) is 22.0. The van der Waals surface area contributed by atoms with Gasteiger partial charge in [-0.3, -0.25) is 0 Å². The average Bonchev–Trinajstić information content (AvgIpc) is 2.94. The van der Waals surface area contributed by atoms with Gasteiger partial charge >= 0.3 is 11.9 Å². The highest BCUT2D eigenvalue weighted by Crippen LogP contribution is 2.26. The summed E-state index contributed by atoms with van der Waals surface area (Å²) in [5, 5.41) is 9.22. The van der Waals surface area contributed by atoms with Crippen LogP contribution in [0.2, 0.25) is 0 Å². The van der Waals surface area contributed by atoms with E-state index in [0.717, 1.165) is 17.5 Å². The van der Waals surface area contributed by atoms with Crippen LogP contribution in [-0.2, 0) is 11.2 Å². The van der Waals surface area contributed by atoms with Crippen molar-refractivity contribution in [3.8, 4) is 28.7 Å². The van der Waals surface area contributed by atoms with Gasteiger partial charge in [0.25, 0.3) is 0 Å².